The van der Waals surface area contributed by atoms with Gasteiger partial charge in [-0.05, 0) is 56.6 Å². The van der Waals surface area contributed by atoms with Crippen molar-refractivity contribution in [3.8, 4) is 0 Å². The highest BCUT2D eigenvalue weighted by atomic mass is 79.9. The van der Waals surface area contributed by atoms with Crippen molar-refractivity contribution < 1.29 is 23.9 Å². The van der Waals surface area contributed by atoms with E-state index in [2.05, 4.69) is 42.0 Å². The first-order valence-corrected chi connectivity index (χ1v) is 12.9. The average molecular weight is 474 g/mol. The van der Waals surface area contributed by atoms with Crippen molar-refractivity contribution in [2.75, 3.05) is 0 Å². The molecule has 0 aliphatic heterocycles. The molecule has 2 atom stereocenters. The Morgan fingerprint density at radius 2 is 1.71 bits per heavy atom. The summed E-state index contributed by atoms with van der Waals surface area (Å²) in [5, 5.41) is 12.2. The normalized spacial score (nSPS) is 14.9. The molecule has 1 aromatic rings. The van der Waals surface area contributed by atoms with Gasteiger partial charge < -0.3 is 19.6 Å². The fourth-order valence-electron chi connectivity index (χ4n) is 2.21. The van der Waals surface area contributed by atoms with Gasteiger partial charge in [-0.2, -0.15) is 0 Å². The van der Waals surface area contributed by atoms with Gasteiger partial charge in [0.05, 0.1) is 0 Å². The second-order valence-corrected chi connectivity index (χ2v) is 15.0. The van der Waals surface area contributed by atoms with E-state index in [0.29, 0.717) is 5.56 Å². The Kier molecular flexibility index (Phi) is 7.89. The Balaban J connectivity index is 3.33. The van der Waals surface area contributed by atoms with Gasteiger partial charge in [-0.25, -0.2) is 9.59 Å². The number of ether oxygens (including phenoxy) is 1. The standard InChI is InChI=1S/C20H32BrNO5Si/c1-19(2,3)26-18(25)22-15(17(23)24)16(13-10-9-11-14(21)12-13)27-28(7,8)20(4,5)6/h9-12,15-16H,1-8H3,(H,22,25)(H,23,24). The SMILES string of the molecule is CC(C)(C)OC(=O)NC(C(=O)O)C(O[Si](C)(C)C(C)(C)C)c1cccc(Br)c1. The smallest absolute Gasteiger partial charge is 0.408 e. The molecule has 0 radical (unpaired) electrons. The molecule has 28 heavy (non-hydrogen) atoms. The van der Waals surface area contributed by atoms with Gasteiger partial charge in [0.15, 0.2) is 14.4 Å². The first-order valence-electron chi connectivity index (χ1n) is 9.19. The van der Waals surface area contributed by atoms with Crippen LogP contribution in [0.25, 0.3) is 0 Å². The van der Waals surface area contributed by atoms with Crippen LogP contribution in [0.4, 0.5) is 4.79 Å². The second kappa shape index (κ2) is 8.96. The minimum Gasteiger partial charge on any atom is -0.480 e. The number of hydrogen-bond acceptors (Lipinski definition) is 4. The van der Waals surface area contributed by atoms with Crippen molar-refractivity contribution in [3.05, 3.63) is 34.3 Å². The maximum absolute atomic E-state index is 12.3. The Labute approximate surface area is 177 Å². The highest BCUT2D eigenvalue weighted by Crippen LogP contribution is 2.41. The van der Waals surface area contributed by atoms with Gasteiger partial charge in [0.25, 0.3) is 0 Å². The van der Waals surface area contributed by atoms with Crippen molar-refractivity contribution in [2.45, 2.75) is 77.4 Å². The summed E-state index contributed by atoms with van der Waals surface area (Å²) in [6.07, 6.45) is -1.65. The molecule has 0 bridgehead atoms. The van der Waals surface area contributed by atoms with Crippen LogP contribution in [-0.2, 0) is 14.0 Å². The lowest BCUT2D eigenvalue weighted by Crippen LogP contribution is -2.51. The molecule has 0 aromatic heterocycles. The predicted molar refractivity (Wildman–Crippen MR) is 116 cm³/mol. The molecule has 0 saturated heterocycles. The molecule has 8 heteroatoms. The van der Waals surface area contributed by atoms with E-state index in [1.807, 2.05) is 31.3 Å². The van der Waals surface area contributed by atoms with Crippen LogP contribution in [0.3, 0.4) is 0 Å². The molecule has 0 saturated carbocycles. The van der Waals surface area contributed by atoms with E-state index in [-0.39, 0.29) is 5.04 Å². The third kappa shape index (κ3) is 7.22. The number of carbonyl (C=O) groups excluding carboxylic acids is 1. The molecular formula is C20H32BrNO5Si. The maximum Gasteiger partial charge on any atom is 0.408 e. The Hall–Kier alpha value is -1.38. The lowest BCUT2D eigenvalue weighted by molar-refractivity contribution is -0.142. The van der Waals surface area contributed by atoms with Gasteiger partial charge in [-0.1, -0.05) is 48.8 Å². The van der Waals surface area contributed by atoms with Crippen LogP contribution in [0.1, 0.15) is 53.2 Å². The quantitative estimate of drug-likeness (QED) is 0.533. The van der Waals surface area contributed by atoms with Crippen LogP contribution in [-0.4, -0.2) is 37.1 Å². The number of carbonyl (C=O) groups is 2. The molecule has 2 unspecified atom stereocenters. The minimum atomic E-state index is -2.35. The third-order valence-electron chi connectivity index (χ3n) is 4.65. The van der Waals surface area contributed by atoms with Crippen LogP contribution < -0.4 is 5.32 Å². The largest absolute Gasteiger partial charge is 0.480 e. The molecule has 0 spiro atoms. The molecule has 0 heterocycles. The van der Waals surface area contributed by atoms with E-state index in [9.17, 15) is 14.7 Å². The average Bonchev–Trinajstić information content (AvgIpc) is 2.47. The summed E-state index contributed by atoms with van der Waals surface area (Å²) in [6, 6.07) is 5.98. The molecule has 1 rings (SSSR count). The third-order valence-corrected chi connectivity index (χ3v) is 9.59. The van der Waals surface area contributed by atoms with E-state index < -0.39 is 38.1 Å². The zero-order chi connectivity index (χ0) is 21.9. The molecule has 0 aliphatic rings. The molecule has 1 amide bonds. The van der Waals surface area contributed by atoms with E-state index in [1.54, 1.807) is 26.8 Å². The number of amides is 1. The fraction of sp³-hybridized carbons (Fsp3) is 0.600. The monoisotopic (exact) mass is 473 g/mol. The van der Waals surface area contributed by atoms with Crippen molar-refractivity contribution in [1.82, 2.24) is 5.32 Å². The number of rotatable bonds is 6. The summed E-state index contributed by atoms with van der Waals surface area (Å²) in [5.74, 6) is -1.19. The highest BCUT2D eigenvalue weighted by Gasteiger charge is 2.43. The molecule has 158 valence electrons. The first-order chi connectivity index (χ1) is 12.5. The lowest BCUT2D eigenvalue weighted by Gasteiger charge is -2.41. The molecule has 2 N–H and O–H groups in total. The molecule has 1 aromatic carbocycles. The summed E-state index contributed by atoms with van der Waals surface area (Å²) < 4.78 is 12.5. The molecule has 0 aliphatic carbocycles. The van der Waals surface area contributed by atoms with E-state index in [1.165, 1.54) is 0 Å². The van der Waals surface area contributed by atoms with E-state index in [4.69, 9.17) is 9.16 Å². The summed E-state index contributed by atoms with van der Waals surface area (Å²) in [6.45, 7) is 15.5. The van der Waals surface area contributed by atoms with Gasteiger partial charge in [0.1, 0.15) is 11.7 Å². The van der Waals surface area contributed by atoms with Crippen molar-refractivity contribution in [1.29, 1.82) is 0 Å². The van der Waals surface area contributed by atoms with Gasteiger partial charge in [-0.15, -0.1) is 0 Å². The number of nitrogens with one attached hydrogen (secondary N) is 1. The zero-order valence-corrected chi connectivity index (χ0v) is 20.5. The van der Waals surface area contributed by atoms with Gasteiger partial charge in [0, 0.05) is 4.47 Å². The van der Waals surface area contributed by atoms with Gasteiger partial charge in [0.2, 0.25) is 0 Å². The van der Waals surface area contributed by atoms with Gasteiger partial charge in [-0.3, -0.25) is 0 Å². The number of carboxylic acids is 1. The van der Waals surface area contributed by atoms with Crippen LogP contribution in [0.15, 0.2) is 28.7 Å². The number of aliphatic carboxylic acids is 1. The fourth-order valence-corrected chi connectivity index (χ4v) is 3.89. The number of halogens is 1. The maximum atomic E-state index is 12.3. The molecule has 6 nitrogen and oxygen atoms in total. The molecule has 0 fully saturated rings. The summed E-state index contributed by atoms with van der Waals surface area (Å²) in [4.78, 5) is 24.4. The Morgan fingerprint density at radius 3 is 2.14 bits per heavy atom. The van der Waals surface area contributed by atoms with Crippen LogP contribution in [0.5, 0.6) is 0 Å². The summed E-state index contributed by atoms with van der Waals surface area (Å²) in [5.41, 5.74) is -0.0683. The highest BCUT2D eigenvalue weighted by molar-refractivity contribution is 9.10. The van der Waals surface area contributed by atoms with Crippen molar-refractivity contribution in [3.63, 3.8) is 0 Å². The van der Waals surface area contributed by atoms with E-state index in [0.717, 1.165) is 4.47 Å². The topological polar surface area (TPSA) is 84.9 Å². The van der Waals surface area contributed by atoms with Crippen LogP contribution in [0, 0.1) is 0 Å². The minimum absolute atomic E-state index is 0.133. The number of hydrogen-bond donors (Lipinski definition) is 2. The van der Waals surface area contributed by atoms with E-state index >= 15 is 0 Å². The Bertz CT molecular complexity index is 709. The van der Waals surface area contributed by atoms with Crippen LogP contribution >= 0.6 is 15.9 Å². The van der Waals surface area contributed by atoms with Crippen LogP contribution in [0.2, 0.25) is 18.1 Å². The second-order valence-electron chi connectivity index (χ2n) is 9.32. The van der Waals surface area contributed by atoms with Crippen molar-refractivity contribution in [2.24, 2.45) is 0 Å². The van der Waals surface area contributed by atoms with Crippen molar-refractivity contribution >= 4 is 36.3 Å². The number of carboxylic acid groups (broad SMARTS) is 1. The predicted octanol–water partition coefficient (Wildman–Crippen LogP) is 5.49. The Morgan fingerprint density at radius 1 is 1.14 bits per heavy atom. The number of alkyl carbamates (subject to hydrolysis) is 1. The first kappa shape index (κ1) is 24.7. The summed E-state index contributed by atoms with van der Waals surface area (Å²) in [7, 11) is -2.35. The zero-order valence-electron chi connectivity index (χ0n) is 17.9. The van der Waals surface area contributed by atoms with Gasteiger partial charge >= 0.3 is 12.1 Å². The molecular weight excluding hydrogens is 442 g/mol. The number of benzene rings is 1. The lowest BCUT2D eigenvalue weighted by atomic mass is 10.0. The summed E-state index contributed by atoms with van der Waals surface area (Å²) >= 11 is 3.42.